The van der Waals surface area contributed by atoms with Crippen LogP contribution in [0.25, 0.3) is 0 Å². The van der Waals surface area contributed by atoms with Gasteiger partial charge in [0.2, 0.25) is 5.91 Å². The summed E-state index contributed by atoms with van der Waals surface area (Å²) in [5.74, 6) is 2.20. The molecule has 0 bridgehead atoms. The van der Waals surface area contributed by atoms with E-state index >= 15 is 0 Å². The van der Waals surface area contributed by atoms with Crippen LogP contribution in [-0.4, -0.2) is 44.7 Å². The van der Waals surface area contributed by atoms with E-state index in [1.165, 1.54) is 12.8 Å². The number of rotatable bonds is 5. The van der Waals surface area contributed by atoms with Crippen LogP contribution in [0.5, 0.6) is 11.5 Å². The third-order valence-corrected chi connectivity index (χ3v) is 4.00. The van der Waals surface area contributed by atoms with Gasteiger partial charge in [0.15, 0.2) is 11.5 Å². The van der Waals surface area contributed by atoms with Crippen molar-refractivity contribution in [3.63, 3.8) is 0 Å². The summed E-state index contributed by atoms with van der Waals surface area (Å²) < 4.78 is 16.8. The summed E-state index contributed by atoms with van der Waals surface area (Å²) in [6.07, 6.45) is 2.39. The Kier molecular flexibility index (Phi) is 4.01. The van der Waals surface area contributed by atoms with Crippen LogP contribution in [-0.2, 0) is 9.53 Å². The molecule has 1 unspecified atom stereocenters. The average molecular weight is 291 g/mol. The molecule has 1 aromatic carbocycles. The lowest BCUT2D eigenvalue weighted by Gasteiger charge is -2.30. The first-order valence-electron chi connectivity index (χ1n) is 7.33. The topological polar surface area (TPSA) is 48.0 Å². The van der Waals surface area contributed by atoms with E-state index in [2.05, 4.69) is 0 Å². The number of amides is 1. The van der Waals surface area contributed by atoms with Crippen molar-refractivity contribution < 1.29 is 19.0 Å². The van der Waals surface area contributed by atoms with Crippen LogP contribution in [0.2, 0.25) is 0 Å². The van der Waals surface area contributed by atoms with E-state index < -0.39 is 0 Å². The van der Waals surface area contributed by atoms with E-state index in [-0.39, 0.29) is 18.6 Å². The molecule has 1 saturated carbocycles. The molecule has 5 nitrogen and oxygen atoms in total. The second-order valence-corrected chi connectivity index (χ2v) is 5.74. The van der Waals surface area contributed by atoms with Crippen molar-refractivity contribution in [2.24, 2.45) is 5.92 Å². The number of benzene rings is 1. The summed E-state index contributed by atoms with van der Waals surface area (Å²) >= 11 is 0. The molecule has 21 heavy (non-hydrogen) atoms. The van der Waals surface area contributed by atoms with Crippen LogP contribution in [0.15, 0.2) is 18.2 Å². The van der Waals surface area contributed by atoms with Crippen molar-refractivity contribution in [2.75, 3.05) is 33.9 Å². The maximum Gasteiger partial charge on any atom is 0.248 e. The molecule has 1 aliphatic carbocycles. The zero-order valence-corrected chi connectivity index (χ0v) is 12.5. The lowest BCUT2D eigenvalue weighted by atomic mass is 10.1. The summed E-state index contributed by atoms with van der Waals surface area (Å²) in [5, 5.41) is 0. The van der Waals surface area contributed by atoms with Crippen molar-refractivity contribution >= 4 is 5.91 Å². The monoisotopic (exact) mass is 291 g/mol. The molecule has 0 radical (unpaired) electrons. The first kappa shape index (κ1) is 14.2. The van der Waals surface area contributed by atoms with Gasteiger partial charge in [0.25, 0.3) is 0 Å². The normalized spacial score (nSPS) is 22.3. The van der Waals surface area contributed by atoms with Crippen molar-refractivity contribution in [3.05, 3.63) is 23.8 Å². The number of ether oxygens (including phenoxy) is 3. The fourth-order valence-corrected chi connectivity index (χ4v) is 2.39. The highest BCUT2D eigenvalue weighted by atomic mass is 16.5. The molecule has 5 heteroatoms. The van der Waals surface area contributed by atoms with Crippen LogP contribution in [0.4, 0.5) is 0 Å². The van der Waals surface area contributed by atoms with Crippen LogP contribution in [0.3, 0.4) is 0 Å². The van der Waals surface area contributed by atoms with Crippen LogP contribution < -0.4 is 9.47 Å². The molecule has 2 fully saturated rings. The Balaban J connectivity index is 1.75. The van der Waals surface area contributed by atoms with Gasteiger partial charge < -0.3 is 19.1 Å². The van der Waals surface area contributed by atoms with E-state index in [4.69, 9.17) is 14.2 Å². The number of likely N-dealkylation sites (N-methyl/N-ethyl adjacent to an activating group) is 1. The van der Waals surface area contributed by atoms with Gasteiger partial charge in [0.05, 0.1) is 20.3 Å². The lowest BCUT2D eigenvalue weighted by Crippen LogP contribution is -2.40. The summed E-state index contributed by atoms with van der Waals surface area (Å²) in [6, 6.07) is 5.84. The Labute approximate surface area is 124 Å². The molecular weight excluding hydrogens is 270 g/mol. The number of morpholine rings is 1. The van der Waals surface area contributed by atoms with Crippen molar-refractivity contribution in [2.45, 2.75) is 18.9 Å². The molecular formula is C16H21NO4. The van der Waals surface area contributed by atoms with Gasteiger partial charge >= 0.3 is 0 Å². The van der Waals surface area contributed by atoms with Gasteiger partial charge in [-0.2, -0.15) is 0 Å². The van der Waals surface area contributed by atoms with E-state index in [1.54, 1.807) is 19.1 Å². The molecule has 114 valence electrons. The molecule has 1 atom stereocenters. The number of hydrogen-bond acceptors (Lipinski definition) is 4. The SMILES string of the molecule is COc1ccc(C2CN(C)C(=O)CO2)cc1OCC1CC1. The van der Waals surface area contributed by atoms with Gasteiger partial charge in [-0.15, -0.1) is 0 Å². The Morgan fingerprint density at radius 3 is 2.81 bits per heavy atom. The maximum atomic E-state index is 11.5. The Hall–Kier alpha value is -1.75. The highest BCUT2D eigenvalue weighted by Gasteiger charge is 2.26. The Bertz CT molecular complexity index is 527. The van der Waals surface area contributed by atoms with E-state index in [0.29, 0.717) is 12.5 Å². The minimum Gasteiger partial charge on any atom is -0.493 e. The van der Waals surface area contributed by atoms with Gasteiger partial charge in [-0.25, -0.2) is 0 Å². The number of hydrogen-bond donors (Lipinski definition) is 0. The predicted molar refractivity (Wildman–Crippen MR) is 77.5 cm³/mol. The second-order valence-electron chi connectivity index (χ2n) is 5.74. The van der Waals surface area contributed by atoms with Gasteiger partial charge in [0.1, 0.15) is 12.7 Å². The van der Waals surface area contributed by atoms with Gasteiger partial charge in [-0.3, -0.25) is 4.79 Å². The quantitative estimate of drug-likeness (QED) is 0.832. The smallest absolute Gasteiger partial charge is 0.248 e. The van der Waals surface area contributed by atoms with Crippen LogP contribution in [0.1, 0.15) is 24.5 Å². The van der Waals surface area contributed by atoms with E-state index in [1.807, 2.05) is 18.2 Å². The number of carbonyl (C=O) groups is 1. The van der Waals surface area contributed by atoms with Crippen molar-refractivity contribution in [3.8, 4) is 11.5 Å². The maximum absolute atomic E-state index is 11.5. The molecule has 1 aromatic rings. The van der Waals surface area contributed by atoms with E-state index in [0.717, 1.165) is 23.7 Å². The van der Waals surface area contributed by atoms with Crippen LogP contribution in [0, 0.1) is 5.92 Å². The highest BCUT2D eigenvalue weighted by Crippen LogP contribution is 2.35. The first-order chi connectivity index (χ1) is 10.2. The zero-order chi connectivity index (χ0) is 14.8. The van der Waals surface area contributed by atoms with Crippen molar-refractivity contribution in [1.82, 2.24) is 4.90 Å². The molecule has 1 saturated heterocycles. The van der Waals surface area contributed by atoms with Crippen LogP contribution >= 0.6 is 0 Å². The number of carbonyl (C=O) groups excluding carboxylic acids is 1. The van der Waals surface area contributed by atoms with Gasteiger partial charge in [-0.05, 0) is 36.5 Å². The molecule has 0 N–H and O–H groups in total. The van der Waals surface area contributed by atoms with E-state index in [9.17, 15) is 4.79 Å². The molecule has 0 aromatic heterocycles. The molecule has 3 rings (SSSR count). The largest absolute Gasteiger partial charge is 0.493 e. The fourth-order valence-electron chi connectivity index (χ4n) is 2.39. The second kappa shape index (κ2) is 5.93. The molecule has 1 heterocycles. The fraction of sp³-hybridized carbons (Fsp3) is 0.562. The average Bonchev–Trinajstić information content (AvgIpc) is 3.32. The number of methoxy groups -OCH3 is 1. The Morgan fingerprint density at radius 1 is 1.33 bits per heavy atom. The van der Waals surface area contributed by atoms with Gasteiger partial charge in [-0.1, -0.05) is 6.07 Å². The molecule has 1 amide bonds. The Morgan fingerprint density at radius 2 is 2.14 bits per heavy atom. The third kappa shape index (κ3) is 3.29. The zero-order valence-electron chi connectivity index (χ0n) is 12.5. The molecule has 1 aliphatic heterocycles. The molecule has 0 spiro atoms. The predicted octanol–water partition coefficient (Wildman–Crippen LogP) is 2.01. The van der Waals surface area contributed by atoms with Crippen molar-refractivity contribution in [1.29, 1.82) is 0 Å². The standard InChI is InChI=1S/C16H21NO4/c1-17-8-15(21-10-16(17)18)12-5-6-13(19-2)14(7-12)20-9-11-3-4-11/h5-7,11,15H,3-4,8-10H2,1-2H3. The number of nitrogens with zero attached hydrogens (tertiary/aromatic N) is 1. The summed E-state index contributed by atoms with van der Waals surface area (Å²) in [7, 11) is 3.44. The highest BCUT2D eigenvalue weighted by molar-refractivity contribution is 5.77. The lowest BCUT2D eigenvalue weighted by molar-refractivity contribution is -0.147. The third-order valence-electron chi connectivity index (χ3n) is 4.00. The first-order valence-corrected chi connectivity index (χ1v) is 7.33. The minimum atomic E-state index is -0.109. The summed E-state index contributed by atoms with van der Waals surface area (Å²) in [4.78, 5) is 13.2. The minimum absolute atomic E-state index is 0.0185. The summed E-state index contributed by atoms with van der Waals surface area (Å²) in [5.41, 5.74) is 1.01. The summed E-state index contributed by atoms with van der Waals surface area (Å²) in [6.45, 7) is 1.43. The molecule has 2 aliphatic rings. The van der Waals surface area contributed by atoms with Gasteiger partial charge in [0, 0.05) is 7.05 Å².